The number of aromatic nitrogens is 3. The molecule has 1 amide bonds. The van der Waals surface area contributed by atoms with Gasteiger partial charge in [0, 0.05) is 25.4 Å². The molecule has 0 saturated heterocycles. The number of nitrogens with zero attached hydrogens (tertiary/aromatic N) is 2. The lowest BCUT2D eigenvalue weighted by Crippen LogP contribution is -2.29. The Kier molecular flexibility index (Phi) is 4.75. The fourth-order valence-corrected chi connectivity index (χ4v) is 3.15. The van der Waals surface area contributed by atoms with Crippen molar-refractivity contribution in [2.75, 3.05) is 6.54 Å². The van der Waals surface area contributed by atoms with Crippen molar-refractivity contribution in [2.24, 2.45) is 5.92 Å². The van der Waals surface area contributed by atoms with Crippen LogP contribution in [0.4, 0.5) is 8.78 Å². The van der Waals surface area contributed by atoms with Gasteiger partial charge >= 0.3 is 0 Å². The van der Waals surface area contributed by atoms with Crippen molar-refractivity contribution >= 4 is 18.1 Å². The topological polar surface area (TPSA) is 62.7 Å². The average Bonchev–Trinajstić information content (AvgIpc) is 3.28. The van der Waals surface area contributed by atoms with Crippen LogP contribution in [0.2, 0.25) is 0 Å². The number of halogens is 2. The second kappa shape index (κ2) is 6.80. The van der Waals surface area contributed by atoms with E-state index in [-0.39, 0.29) is 23.3 Å². The highest BCUT2D eigenvalue weighted by Crippen LogP contribution is 2.48. The Morgan fingerprint density at radius 3 is 3.04 bits per heavy atom. The molecule has 2 N–H and O–H groups in total. The Balaban J connectivity index is 1.55. The molecule has 2 atom stereocenters. The lowest BCUT2D eigenvalue weighted by Gasteiger charge is -2.08. The zero-order valence-corrected chi connectivity index (χ0v) is 14.0. The largest absolute Gasteiger partial charge is 0.354 e. The predicted octanol–water partition coefficient (Wildman–Crippen LogP) is 2.70. The maximum atomic E-state index is 13.8. The minimum atomic E-state index is -0.875. The molecule has 1 heterocycles. The number of rotatable bonds is 6. The van der Waals surface area contributed by atoms with Gasteiger partial charge in [-0.15, -0.1) is 0 Å². The molecule has 8 heteroatoms. The summed E-state index contributed by atoms with van der Waals surface area (Å²) in [5, 5.41) is 9.66. The molecule has 24 heavy (non-hydrogen) atoms. The van der Waals surface area contributed by atoms with E-state index in [0.717, 1.165) is 18.3 Å². The Labute approximate surface area is 143 Å². The van der Waals surface area contributed by atoms with Crippen molar-refractivity contribution in [1.29, 1.82) is 0 Å². The molecule has 1 fully saturated rings. The molecule has 1 aromatic heterocycles. The van der Waals surface area contributed by atoms with Gasteiger partial charge in [0.2, 0.25) is 5.91 Å². The first-order valence-electron chi connectivity index (χ1n) is 7.88. The molecule has 0 radical (unpaired) electrons. The SMILES string of the molecule is CCc1n[nH]c(=S)n1CCNC(=O)[C@@H]1C[C@H]1c1cccc(F)c1F. The number of H-pyrrole nitrogens is 1. The second-order valence-corrected chi connectivity index (χ2v) is 6.22. The summed E-state index contributed by atoms with van der Waals surface area (Å²) in [5.41, 5.74) is 0.278. The van der Waals surface area contributed by atoms with E-state index in [1.165, 1.54) is 12.1 Å². The number of aryl methyl sites for hydroxylation is 1. The summed E-state index contributed by atoms with van der Waals surface area (Å²) >= 11 is 5.15. The third-order valence-electron chi connectivity index (χ3n) is 4.30. The molecule has 0 unspecified atom stereocenters. The van der Waals surface area contributed by atoms with Crippen LogP contribution in [0.3, 0.4) is 0 Å². The first-order chi connectivity index (χ1) is 11.5. The third kappa shape index (κ3) is 3.24. The van der Waals surface area contributed by atoms with E-state index in [4.69, 9.17) is 12.2 Å². The van der Waals surface area contributed by atoms with Crippen molar-refractivity contribution in [3.8, 4) is 0 Å². The van der Waals surface area contributed by atoms with Gasteiger partial charge in [0.25, 0.3) is 0 Å². The number of amides is 1. The van der Waals surface area contributed by atoms with Gasteiger partial charge in [0.1, 0.15) is 5.82 Å². The maximum absolute atomic E-state index is 13.8. The number of hydrogen-bond donors (Lipinski definition) is 2. The molecule has 0 bridgehead atoms. The van der Waals surface area contributed by atoms with E-state index in [0.29, 0.717) is 24.3 Å². The number of hydrogen-bond acceptors (Lipinski definition) is 3. The van der Waals surface area contributed by atoms with Crippen molar-refractivity contribution < 1.29 is 13.6 Å². The van der Waals surface area contributed by atoms with Crippen LogP contribution in [-0.4, -0.2) is 27.2 Å². The Morgan fingerprint density at radius 1 is 1.50 bits per heavy atom. The van der Waals surface area contributed by atoms with Crippen LogP contribution >= 0.6 is 12.2 Å². The normalized spacial score (nSPS) is 19.3. The standard InChI is InChI=1S/C16H18F2N4OS/c1-2-13-20-21-16(24)22(13)7-6-19-15(23)11-8-10(11)9-4-3-5-12(17)14(9)18/h3-5,10-11H,2,6-8H2,1H3,(H,19,23)(H,21,24)/t10-,11+/m0/s1. The Hall–Kier alpha value is -2.09. The second-order valence-electron chi connectivity index (χ2n) is 5.83. The van der Waals surface area contributed by atoms with E-state index >= 15 is 0 Å². The Morgan fingerprint density at radius 2 is 2.29 bits per heavy atom. The smallest absolute Gasteiger partial charge is 0.223 e. The highest BCUT2D eigenvalue weighted by Gasteiger charge is 2.45. The minimum Gasteiger partial charge on any atom is -0.354 e. The molecular formula is C16H18F2N4OS. The summed E-state index contributed by atoms with van der Waals surface area (Å²) in [5.74, 6) is -1.58. The van der Waals surface area contributed by atoms with Gasteiger partial charge < -0.3 is 9.88 Å². The summed E-state index contributed by atoms with van der Waals surface area (Å²) < 4.78 is 29.4. The molecule has 5 nitrogen and oxygen atoms in total. The average molecular weight is 352 g/mol. The first kappa shape index (κ1) is 16.8. The fourth-order valence-electron chi connectivity index (χ4n) is 2.91. The minimum absolute atomic E-state index is 0.142. The van der Waals surface area contributed by atoms with E-state index < -0.39 is 11.6 Å². The van der Waals surface area contributed by atoms with Crippen LogP contribution in [0, 0.1) is 22.3 Å². The van der Waals surface area contributed by atoms with E-state index in [9.17, 15) is 13.6 Å². The van der Waals surface area contributed by atoms with Crippen molar-refractivity contribution in [3.05, 3.63) is 46.0 Å². The van der Waals surface area contributed by atoms with Gasteiger partial charge in [-0.25, -0.2) is 8.78 Å². The summed E-state index contributed by atoms with van der Waals surface area (Å²) in [6, 6.07) is 4.08. The lowest BCUT2D eigenvalue weighted by atomic mass is 10.1. The van der Waals surface area contributed by atoms with Crippen molar-refractivity contribution in [2.45, 2.75) is 32.2 Å². The Bertz CT molecular complexity index is 817. The van der Waals surface area contributed by atoms with Gasteiger partial charge in [0.05, 0.1) is 0 Å². The zero-order chi connectivity index (χ0) is 17.3. The maximum Gasteiger partial charge on any atom is 0.223 e. The van der Waals surface area contributed by atoms with Crippen molar-refractivity contribution in [3.63, 3.8) is 0 Å². The third-order valence-corrected chi connectivity index (χ3v) is 4.61. The molecule has 2 aromatic rings. The van der Waals surface area contributed by atoms with Crippen LogP contribution in [-0.2, 0) is 17.8 Å². The monoisotopic (exact) mass is 352 g/mol. The zero-order valence-electron chi connectivity index (χ0n) is 13.2. The van der Waals surface area contributed by atoms with E-state index in [1.807, 2.05) is 11.5 Å². The molecule has 1 aromatic carbocycles. The van der Waals surface area contributed by atoms with Crippen LogP contribution in [0.25, 0.3) is 0 Å². The summed E-state index contributed by atoms with van der Waals surface area (Å²) in [6.07, 6.45) is 1.28. The first-order valence-corrected chi connectivity index (χ1v) is 8.29. The molecule has 3 rings (SSSR count). The van der Waals surface area contributed by atoms with Crippen LogP contribution < -0.4 is 5.32 Å². The van der Waals surface area contributed by atoms with Crippen LogP contribution in [0.15, 0.2) is 18.2 Å². The molecule has 1 aliphatic rings. The number of carbonyl (C=O) groups excluding carboxylic acids is 1. The fraction of sp³-hybridized carbons (Fsp3) is 0.438. The van der Waals surface area contributed by atoms with Crippen molar-refractivity contribution in [1.82, 2.24) is 20.1 Å². The predicted molar refractivity (Wildman–Crippen MR) is 87.0 cm³/mol. The summed E-state index contributed by atoms with van der Waals surface area (Å²) in [7, 11) is 0. The molecule has 1 saturated carbocycles. The number of benzene rings is 1. The van der Waals surface area contributed by atoms with Crippen LogP contribution in [0.5, 0.6) is 0 Å². The lowest BCUT2D eigenvalue weighted by molar-refractivity contribution is -0.122. The van der Waals surface area contributed by atoms with Gasteiger partial charge in [0.15, 0.2) is 16.4 Å². The van der Waals surface area contributed by atoms with Gasteiger partial charge in [-0.1, -0.05) is 19.1 Å². The molecular weight excluding hydrogens is 334 g/mol. The number of carbonyl (C=O) groups is 1. The quantitative estimate of drug-likeness (QED) is 0.786. The summed E-state index contributed by atoms with van der Waals surface area (Å²) in [4.78, 5) is 12.2. The molecule has 0 spiro atoms. The highest BCUT2D eigenvalue weighted by atomic mass is 32.1. The van der Waals surface area contributed by atoms with E-state index in [1.54, 1.807) is 0 Å². The van der Waals surface area contributed by atoms with E-state index in [2.05, 4.69) is 15.5 Å². The number of aromatic amines is 1. The molecule has 128 valence electrons. The summed E-state index contributed by atoms with van der Waals surface area (Å²) in [6.45, 7) is 2.91. The van der Waals surface area contributed by atoms with Crippen LogP contribution in [0.1, 0.15) is 30.7 Å². The molecule has 0 aliphatic heterocycles. The van der Waals surface area contributed by atoms with Gasteiger partial charge in [-0.3, -0.25) is 9.89 Å². The highest BCUT2D eigenvalue weighted by molar-refractivity contribution is 7.71. The molecule has 1 aliphatic carbocycles. The number of nitrogens with one attached hydrogen (secondary N) is 2. The van der Waals surface area contributed by atoms with Gasteiger partial charge in [-0.05, 0) is 36.2 Å². The van der Waals surface area contributed by atoms with Gasteiger partial charge in [-0.2, -0.15) is 5.10 Å².